The predicted octanol–water partition coefficient (Wildman–Crippen LogP) is 0.626. The maximum atomic E-state index is 12.0. The van der Waals surface area contributed by atoms with E-state index in [4.69, 9.17) is 11.5 Å². The Balaban J connectivity index is 2.59. The molecule has 0 radical (unpaired) electrons. The number of nitrogens with one attached hydrogen (secondary N) is 2. The van der Waals surface area contributed by atoms with Crippen molar-refractivity contribution in [2.24, 2.45) is 16.5 Å². The van der Waals surface area contributed by atoms with Gasteiger partial charge in [0, 0.05) is 11.6 Å². The standard InChI is InChI=1S/C15H23N5O2/c1-3-11(4-2)19-13(21)9-18-14(22)10-6-5-7-12(8-10)20-15(16)17/h5-8,11H,3-4,9H2,1-2H3,(H,18,22)(H,19,21)(H4,16,17,20). The van der Waals surface area contributed by atoms with E-state index in [-0.39, 0.29) is 30.4 Å². The molecule has 120 valence electrons. The number of aliphatic imine (C=N–C) groups is 1. The largest absolute Gasteiger partial charge is 0.370 e. The summed E-state index contributed by atoms with van der Waals surface area (Å²) in [5.41, 5.74) is 11.5. The second kappa shape index (κ2) is 8.66. The highest BCUT2D eigenvalue weighted by molar-refractivity contribution is 5.97. The van der Waals surface area contributed by atoms with Crippen LogP contribution < -0.4 is 22.1 Å². The van der Waals surface area contributed by atoms with Crippen molar-refractivity contribution in [3.63, 3.8) is 0 Å². The molecule has 0 aromatic heterocycles. The Kier molecular flexibility index (Phi) is 6.88. The zero-order valence-corrected chi connectivity index (χ0v) is 12.9. The van der Waals surface area contributed by atoms with Gasteiger partial charge >= 0.3 is 0 Å². The van der Waals surface area contributed by atoms with Crippen LogP contribution in [0.1, 0.15) is 37.0 Å². The lowest BCUT2D eigenvalue weighted by molar-refractivity contribution is -0.120. The molecule has 0 aliphatic rings. The Morgan fingerprint density at radius 2 is 1.91 bits per heavy atom. The number of benzene rings is 1. The van der Waals surface area contributed by atoms with Gasteiger partial charge in [-0.1, -0.05) is 19.9 Å². The van der Waals surface area contributed by atoms with Crippen LogP contribution in [0.3, 0.4) is 0 Å². The van der Waals surface area contributed by atoms with Crippen molar-refractivity contribution in [1.29, 1.82) is 0 Å². The highest BCUT2D eigenvalue weighted by atomic mass is 16.2. The van der Waals surface area contributed by atoms with Gasteiger partial charge in [0.15, 0.2) is 5.96 Å². The van der Waals surface area contributed by atoms with Gasteiger partial charge in [-0.3, -0.25) is 9.59 Å². The number of guanidine groups is 1. The SMILES string of the molecule is CCC(CC)NC(=O)CNC(=O)c1cccc(N=C(N)N)c1. The summed E-state index contributed by atoms with van der Waals surface area (Å²) in [5.74, 6) is -0.642. The second-order valence-corrected chi connectivity index (χ2v) is 4.85. The Bertz CT molecular complexity index is 549. The van der Waals surface area contributed by atoms with Gasteiger partial charge in [-0.05, 0) is 31.0 Å². The Morgan fingerprint density at radius 3 is 2.50 bits per heavy atom. The molecular weight excluding hydrogens is 282 g/mol. The summed E-state index contributed by atoms with van der Waals surface area (Å²) in [7, 11) is 0. The van der Waals surface area contributed by atoms with Crippen LogP contribution in [-0.2, 0) is 4.79 Å². The van der Waals surface area contributed by atoms with Crippen LogP contribution in [0.25, 0.3) is 0 Å². The van der Waals surface area contributed by atoms with Crippen molar-refractivity contribution >= 4 is 23.5 Å². The molecule has 6 N–H and O–H groups in total. The summed E-state index contributed by atoms with van der Waals surface area (Å²) < 4.78 is 0. The third-order valence-corrected chi connectivity index (χ3v) is 3.13. The molecule has 0 bridgehead atoms. The molecule has 1 rings (SSSR count). The number of carbonyl (C=O) groups is 2. The number of rotatable bonds is 7. The minimum absolute atomic E-state index is 0.0676. The molecule has 0 unspecified atom stereocenters. The van der Waals surface area contributed by atoms with Crippen molar-refractivity contribution in [2.75, 3.05) is 6.54 Å². The average molecular weight is 305 g/mol. The van der Waals surface area contributed by atoms with Crippen LogP contribution in [0.5, 0.6) is 0 Å². The molecule has 1 aromatic carbocycles. The average Bonchev–Trinajstić information content (AvgIpc) is 2.49. The number of nitrogens with zero attached hydrogens (tertiary/aromatic N) is 1. The van der Waals surface area contributed by atoms with Crippen LogP contribution in [0.2, 0.25) is 0 Å². The molecule has 0 spiro atoms. The van der Waals surface area contributed by atoms with E-state index in [0.29, 0.717) is 11.3 Å². The lowest BCUT2D eigenvalue weighted by Gasteiger charge is -2.14. The van der Waals surface area contributed by atoms with Gasteiger partial charge < -0.3 is 22.1 Å². The van der Waals surface area contributed by atoms with E-state index in [1.807, 2.05) is 13.8 Å². The number of hydrogen-bond donors (Lipinski definition) is 4. The quantitative estimate of drug-likeness (QED) is 0.436. The van der Waals surface area contributed by atoms with E-state index in [1.54, 1.807) is 24.3 Å². The number of amides is 2. The summed E-state index contributed by atoms with van der Waals surface area (Å²) in [4.78, 5) is 27.6. The van der Waals surface area contributed by atoms with Gasteiger partial charge in [-0.2, -0.15) is 0 Å². The Morgan fingerprint density at radius 1 is 1.23 bits per heavy atom. The van der Waals surface area contributed by atoms with Crippen molar-refractivity contribution in [3.8, 4) is 0 Å². The minimum atomic E-state index is -0.354. The van der Waals surface area contributed by atoms with Crippen LogP contribution in [0.15, 0.2) is 29.3 Å². The van der Waals surface area contributed by atoms with E-state index in [2.05, 4.69) is 15.6 Å². The molecule has 22 heavy (non-hydrogen) atoms. The second-order valence-electron chi connectivity index (χ2n) is 4.85. The maximum absolute atomic E-state index is 12.0. The van der Waals surface area contributed by atoms with Crippen molar-refractivity contribution in [2.45, 2.75) is 32.7 Å². The summed E-state index contributed by atoms with van der Waals surface area (Å²) in [6.45, 7) is 3.94. The topological polar surface area (TPSA) is 123 Å². The third-order valence-electron chi connectivity index (χ3n) is 3.13. The van der Waals surface area contributed by atoms with Gasteiger partial charge in [0.05, 0.1) is 12.2 Å². The molecule has 7 nitrogen and oxygen atoms in total. The summed E-state index contributed by atoms with van der Waals surface area (Å²) in [6, 6.07) is 6.65. The molecule has 0 aliphatic heterocycles. The highest BCUT2D eigenvalue weighted by Gasteiger charge is 2.11. The summed E-state index contributed by atoms with van der Waals surface area (Å²) in [5, 5.41) is 5.42. The predicted molar refractivity (Wildman–Crippen MR) is 86.8 cm³/mol. The zero-order chi connectivity index (χ0) is 16.5. The summed E-state index contributed by atoms with van der Waals surface area (Å²) >= 11 is 0. The van der Waals surface area contributed by atoms with Crippen molar-refractivity contribution < 1.29 is 9.59 Å². The molecule has 2 amide bonds. The van der Waals surface area contributed by atoms with Gasteiger partial charge in [0.1, 0.15) is 0 Å². The molecule has 0 atom stereocenters. The van der Waals surface area contributed by atoms with Gasteiger partial charge in [0.2, 0.25) is 5.91 Å². The molecule has 0 saturated carbocycles. The van der Waals surface area contributed by atoms with Gasteiger partial charge in [-0.25, -0.2) is 4.99 Å². The first-order valence-electron chi connectivity index (χ1n) is 7.23. The zero-order valence-electron chi connectivity index (χ0n) is 12.9. The van der Waals surface area contributed by atoms with E-state index >= 15 is 0 Å². The Hall–Kier alpha value is -2.57. The third kappa shape index (κ3) is 5.82. The van der Waals surface area contributed by atoms with Crippen LogP contribution >= 0.6 is 0 Å². The number of hydrogen-bond acceptors (Lipinski definition) is 3. The van der Waals surface area contributed by atoms with Crippen LogP contribution in [0.4, 0.5) is 5.69 Å². The van der Waals surface area contributed by atoms with E-state index < -0.39 is 0 Å². The lowest BCUT2D eigenvalue weighted by atomic mass is 10.1. The van der Waals surface area contributed by atoms with Crippen LogP contribution in [0, 0.1) is 0 Å². The van der Waals surface area contributed by atoms with Gasteiger partial charge in [0.25, 0.3) is 5.91 Å². The first kappa shape index (κ1) is 17.5. The van der Waals surface area contributed by atoms with E-state index in [0.717, 1.165) is 12.8 Å². The first-order valence-corrected chi connectivity index (χ1v) is 7.23. The number of nitrogens with two attached hydrogens (primary N) is 2. The van der Waals surface area contributed by atoms with Crippen LogP contribution in [-0.4, -0.2) is 30.4 Å². The van der Waals surface area contributed by atoms with Gasteiger partial charge in [-0.15, -0.1) is 0 Å². The molecule has 0 aliphatic carbocycles. The monoisotopic (exact) mass is 305 g/mol. The minimum Gasteiger partial charge on any atom is -0.370 e. The molecule has 7 heteroatoms. The molecule has 1 aromatic rings. The smallest absolute Gasteiger partial charge is 0.251 e. The Labute approximate surface area is 130 Å². The first-order chi connectivity index (χ1) is 10.5. The van der Waals surface area contributed by atoms with E-state index in [9.17, 15) is 9.59 Å². The molecular formula is C15H23N5O2. The molecule has 0 heterocycles. The highest BCUT2D eigenvalue weighted by Crippen LogP contribution is 2.13. The van der Waals surface area contributed by atoms with E-state index in [1.165, 1.54) is 0 Å². The molecule has 0 saturated heterocycles. The fourth-order valence-corrected chi connectivity index (χ4v) is 1.90. The normalized spacial score (nSPS) is 10.1. The van der Waals surface area contributed by atoms with Crippen molar-refractivity contribution in [3.05, 3.63) is 29.8 Å². The van der Waals surface area contributed by atoms with Crippen molar-refractivity contribution in [1.82, 2.24) is 10.6 Å². The molecule has 0 fully saturated rings. The summed E-state index contributed by atoms with van der Waals surface area (Å²) in [6.07, 6.45) is 1.72. The fourth-order valence-electron chi connectivity index (χ4n) is 1.90. The maximum Gasteiger partial charge on any atom is 0.251 e. The number of carbonyl (C=O) groups excluding carboxylic acids is 2. The fraction of sp³-hybridized carbons (Fsp3) is 0.400. The lowest BCUT2D eigenvalue weighted by Crippen LogP contribution is -2.41.